The molecular formula is C29H29FN10O. The van der Waals surface area contributed by atoms with Gasteiger partial charge in [-0.25, -0.2) is 23.9 Å². The highest BCUT2D eigenvalue weighted by atomic mass is 19.1. The molecular weight excluding hydrogens is 523 g/mol. The Kier molecular flexibility index (Phi) is 6.66. The van der Waals surface area contributed by atoms with Crippen LogP contribution in [-0.2, 0) is 17.4 Å². The molecule has 11 nitrogen and oxygen atoms in total. The summed E-state index contributed by atoms with van der Waals surface area (Å²) in [6.45, 7) is 8.26. The Hall–Kier alpha value is -5.13. The largest absolute Gasteiger partial charge is 0.351 e. The van der Waals surface area contributed by atoms with E-state index in [0.29, 0.717) is 30.2 Å². The van der Waals surface area contributed by atoms with Gasteiger partial charge in [0.25, 0.3) is 0 Å². The molecule has 0 radical (unpaired) electrons. The maximum atomic E-state index is 13.6. The van der Waals surface area contributed by atoms with Crippen molar-refractivity contribution in [2.24, 2.45) is 7.05 Å². The monoisotopic (exact) mass is 552 g/mol. The van der Waals surface area contributed by atoms with E-state index in [4.69, 9.17) is 0 Å². The fourth-order valence-electron chi connectivity index (χ4n) is 5.14. The van der Waals surface area contributed by atoms with Gasteiger partial charge in [0, 0.05) is 74.7 Å². The van der Waals surface area contributed by atoms with Crippen LogP contribution in [0.4, 0.5) is 16.2 Å². The van der Waals surface area contributed by atoms with Gasteiger partial charge in [0.1, 0.15) is 17.7 Å². The topological polar surface area (TPSA) is 109 Å². The molecule has 0 bridgehead atoms. The number of carbonyl (C=O) groups is 1. The third kappa shape index (κ3) is 4.99. The standard InChI is InChI=1S/C29H29FN10O/c1-4-26(41)36-29(2,22-5-7-24(30)8-6-22)23-15-31-28(32-16-23)39-11-9-38(10-12-39)27-25-13-20(18-40(25)35-19-33-27)21-14-34-37(3)17-21/h4-8,13-19H,1,9-12H2,2-3H3,(H,36,41)/t29-/m0/s1. The molecule has 0 aliphatic carbocycles. The second kappa shape index (κ2) is 10.5. The van der Waals surface area contributed by atoms with Crippen molar-refractivity contribution in [2.45, 2.75) is 12.5 Å². The number of hydrogen-bond acceptors (Lipinski definition) is 8. The first kappa shape index (κ1) is 26.1. The fourth-order valence-corrected chi connectivity index (χ4v) is 5.14. The van der Waals surface area contributed by atoms with Gasteiger partial charge in [-0.2, -0.15) is 10.2 Å². The zero-order valence-electron chi connectivity index (χ0n) is 22.8. The number of aryl methyl sites for hydroxylation is 1. The molecule has 41 heavy (non-hydrogen) atoms. The number of rotatable bonds is 7. The average molecular weight is 553 g/mol. The molecule has 4 aromatic heterocycles. The molecule has 6 rings (SSSR count). The van der Waals surface area contributed by atoms with E-state index < -0.39 is 5.54 Å². The van der Waals surface area contributed by atoms with Gasteiger partial charge in [-0.3, -0.25) is 9.48 Å². The van der Waals surface area contributed by atoms with Crippen LogP contribution in [0.3, 0.4) is 0 Å². The number of nitrogens with zero attached hydrogens (tertiary/aromatic N) is 9. The summed E-state index contributed by atoms with van der Waals surface area (Å²) in [6.07, 6.45) is 12.0. The van der Waals surface area contributed by atoms with Crippen molar-refractivity contribution in [2.75, 3.05) is 36.0 Å². The summed E-state index contributed by atoms with van der Waals surface area (Å²) in [5.74, 6) is 0.759. The van der Waals surface area contributed by atoms with Crippen molar-refractivity contribution in [3.63, 3.8) is 0 Å². The smallest absolute Gasteiger partial charge is 0.244 e. The third-order valence-corrected chi connectivity index (χ3v) is 7.48. The summed E-state index contributed by atoms with van der Waals surface area (Å²) in [4.78, 5) is 30.5. The second-order valence-corrected chi connectivity index (χ2v) is 10.1. The zero-order valence-corrected chi connectivity index (χ0v) is 22.8. The Morgan fingerprint density at radius 3 is 2.32 bits per heavy atom. The Morgan fingerprint density at radius 2 is 1.66 bits per heavy atom. The highest BCUT2D eigenvalue weighted by molar-refractivity contribution is 5.88. The van der Waals surface area contributed by atoms with E-state index in [-0.39, 0.29) is 11.7 Å². The average Bonchev–Trinajstić information content (AvgIpc) is 3.64. The third-order valence-electron chi connectivity index (χ3n) is 7.48. The Balaban J connectivity index is 1.19. The second-order valence-electron chi connectivity index (χ2n) is 10.1. The number of aromatic nitrogens is 7. The lowest BCUT2D eigenvalue weighted by atomic mass is 9.86. The SMILES string of the molecule is C=CC(=O)N[C@@](C)(c1ccc(F)cc1)c1cnc(N2CCN(c3ncnn4cc(-c5cnn(C)c5)cc34)CC2)nc1. The summed E-state index contributed by atoms with van der Waals surface area (Å²) < 4.78 is 17.2. The number of hydrogen-bond donors (Lipinski definition) is 1. The first-order valence-corrected chi connectivity index (χ1v) is 13.2. The van der Waals surface area contributed by atoms with Crippen molar-refractivity contribution in [1.82, 2.24) is 39.7 Å². The lowest BCUT2D eigenvalue weighted by Crippen LogP contribution is -2.47. The highest BCUT2D eigenvalue weighted by Gasteiger charge is 2.32. The number of nitrogens with one attached hydrogen (secondary N) is 1. The molecule has 1 saturated heterocycles. The van der Waals surface area contributed by atoms with Crippen LogP contribution in [0.2, 0.25) is 0 Å². The highest BCUT2D eigenvalue weighted by Crippen LogP contribution is 2.30. The van der Waals surface area contributed by atoms with E-state index in [0.717, 1.165) is 35.6 Å². The van der Waals surface area contributed by atoms with E-state index in [1.54, 1.807) is 35.5 Å². The Labute approximate surface area is 236 Å². The van der Waals surface area contributed by atoms with Gasteiger partial charge >= 0.3 is 0 Å². The molecule has 5 aromatic rings. The molecule has 1 atom stereocenters. The number of carbonyl (C=O) groups excluding carboxylic acids is 1. The van der Waals surface area contributed by atoms with E-state index >= 15 is 0 Å². The normalized spacial score (nSPS) is 15.1. The summed E-state index contributed by atoms with van der Waals surface area (Å²) in [7, 11) is 1.90. The van der Waals surface area contributed by atoms with Gasteiger partial charge < -0.3 is 15.1 Å². The van der Waals surface area contributed by atoms with E-state index in [2.05, 4.69) is 52.9 Å². The van der Waals surface area contributed by atoms with Crippen LogP contribution in [-0.4, -0.2) is 66.4 Å². The molecule has 0 unspecified atom stereocenters. The fraction of sp³-hybridized carbons (Fsp3) is 0.241. The predicted octanol–water partition coefficient (Wildman–Crippen LogP) is 2.95. The van der Waals surface area contributed by atoms with E-state index in [1.807, 2.05) is 37.1 Å². The first-order chi connectivity index (χ1) is 19.8. The van der Waals surface area contributed by atoms with Crippen LogP contribution in [0.25, 0.3) is 16.6 Å². The lowest BCUT2D eigenvalue weighted by Gasteiger charge is -2.36. The van der Waals surface area contributed by atoms with Gasteiger partial charge in [-0.1, -0.05) is 18.7 Å². The van der Waals surface area contributed by atoms with Crippen molar-refractivity contribution in [1.29, 1.82) is 0 Å². The summed E-state index contributed by atoms with van der Waals surface area (Å²) in [5, 5.41) is 11.6. The molecule has 1 aliphatic heterocycles. The van der Waals surface area contributed by atoms with Crippen LogP contribution in [0.1, 0.15) is 18.1 Å². The molecule has 1 N–H and O–H groups in total. The zero-order chi connectivity index (χ0) is 28.6. The number of amides is 1. The molecule has 1 fully saturated rings. The number of fused-ring (bicyclic) bond motifs is 1. The van der Waals surface area contributed by atoms with Gasteiger partial charge in [-0.05, 0) is 36.8 Å². The summed E-state index contributed by atoms with van der Waals surface area (Å²) >= 11 is 0. The number of anilines is 2. The van der Waals surface area contributed by atoms with Crippen molar-refractivity contribution < 1.29 is 9.18 Å². The van der Waals surface area contributed by atoms with Crippen LogP contribution in [0.5, 0.6) is 0 Å². The first-order valence-electron chi connectivity index (χ1n) is 13.2. The van der Waals surface area contributed by atoms with Crippen LogP contribution < -0.4 is 15.1 Å². The molecule has 5 heterocycles. The summed E-state index contributed by atoms with van der Waals surface area (Å²) in [5.41, 5.74) is 3.38. The number of halogens is 1. The summed E-state index contributed by atoms with van der Waals surface area (Å²) in [6, 6.07) is 8.09. The minimum Gasteiger partial charge on any atom is -0.351 e. The number of benzene rings is 1. The van der Waals surface area contributed by atoms with Crippen molar-refractivity contribution in [3.05, 3.63) is 97.2 Å². The van der Waals surface area contributed by atoms with Crippen LogP contribution >= 0.6 is 0 Å². The molecule has 1 aliphatic rings. The number of piperazine rings is 1. The Morgan fingerprint density at radius 1 is 0.951 bits per heavy atom. The molecule has 208 valence electrons. The van der Waals surface area contributed by atoms with E-state index in [9.17, 15) is 9.18 Å². The predicted molar refractivity (Wildman–Crippen MR) is 153 cm³/mol. The van der Waals surface area contributed by atoms with Crippen molar-refractivity contribution in [3.8, 4) is 11.1 Å². The van der Waals surface area contributed by atoms with Crippen LogP contribution in [0.15, 0.2) is 80.3 Å². The van der Waals surface area contributed by atoms with Gasteiger partial charge in [0.2, 0.25) is 11.9 Å². The van der Waals surface area contributed by atoms with E-state index in [1.165, 1.54) is 18.2 Å². The minimum atomic E-state index is -0.972. The van der Waals surface area contributed by atoms with Crippen LogP contribution in [0, 0.1) is 5.82 Å². The Bertz CT molecular complexity index is 1700. The molecule has 1 amide bonds. The maximum absolute atomic E-state index is 13.6. The maximum Gasteiger partial charge on any atom is 0.244 e. The van der Waals surface area contributed by atoms with Gasteiger partial charge in [0.15, 0.2) is 5.82 Å². The van der Waals surface area contributed by atoms with Gasteiger partial charge in [-0.15, -0.1) is 0 Å². The van der Waals surface area contributed by atoms with Gasteiger partial charge in [0.05, 0.1) is 11.7 Å². The minimum absolute atomic E-state index is 0.355. The molecule has 12 heteroatoms. The molecule has 1 aromatic carbocycles. The van der Waals surface area contributed by atoms with Crippen molar-refractivity contribution >= 4 is 23.2 Å². The quantitative estimate of drug-likeness (QED) is 0.307. The lowest BCUT2D eigenvalue weighted by molar-refractivity contribution is -0.117. The molecule has 0 spiro atoms. The molecule has 0 saturated carbocycles.